The largest absolute Gasteiger partial charge is 0.294 e. The number of hydrogen-bond donors (Lipinski definition) is 0. The summed E-state index contributed by atoms with van der Waals surface area (Å²) in [5.74, 6) is -0.626. The fourth-order valence-electron chi connectivity index (χ4n) is 2.32. The van der Waals surface area contributed by atoms with E-state index in [1.54, 1.807) is 6.07 Å². The van der Waals surface area contributed by atoms with Gasteiger partial charge in [-0.25, -0.2) is 4.39 Å². The topological polar surface area (TPSA) is 17.1 Å². The minimum Gasteiger partial charge on any atom is -0.294 e. The van der Waals surface area contributed by atoms with Crippen LogP contribution in [0.4, 0.5) is 4.39 Å². The summed E-state index contributed by atoms with van der Waals surface area (Å²) in [6, 6.07) is 10.8. The van der Waals surface area contributed by atoms with Crippen LogP contribution in [0.3, 0.4) is 0 Å². The van der Waals surface area contributed by atoms with Crippen molar-refractivity contribution in [2.45, 2.75) is 26.7 Å². The SMILES string of the molecule is Cc1cc(C)cc(CCC(=O)c2ccc(Br)cc2F)c1. The molecular formula is C17H16BrFO. The maximum Gasteiger partial charge on any atom is 0.166 e. The normalized spacial score (nSPS) is 10.6. The van der Waals surface area contributed by atoms with Crippen LogP contribution in [0.2, 0.25) is 0 Å². The van der Waals surface area contributed by atoms with Gasteiger partial charge < -0.3 is 0 Å². The first-order chi connectivity index (χ1) is 9.45. The molecule has 0 N–H and O–H groups in total. The van der Waals surface area contributed by atoms with Crippen molar-refractivity contribution >= 4 is 21.7 Å². The van der Waals surface area contributed by atoms with Gasteiger partial charge in [0.15, 0.2) is 5.78 Å². The molecule has 0 aliphatic rings. The number of ketones is 1. The van der Waals surface area contributed by atoms with E-state index in [2.05, 4.69) is 34.1 Å². The summed E-state index contributed by atoms with van der Waals surface area (Å²) in [6.07, 6.45) is 0.957. The van der Waals surface area contributed by atoms with Gasteiger partial charge in [-0.3, -0.25) is 4.79 Å². The van der Waals surface area contributed by atoms with Crippen LogP contribution in [0.25, 0.3) is 0 Å². The number of carbonyl (C=O) groups is 1. The van der Waals surface area contributed by atoms with Crippen LogP contribution < -0.4 is 0 Å². The van der Waals surface area contributed by atoms with Gasteiger partial charge >= 0.3 is 0 Å². The Morgan fingerprint density at radius 2 is 1.75 bits per heavy atom. The van der Waals surface area contributed by atoms with E-state index in [1.807, 2.05) is 13.8 Å². The van der Waals surface area contributed by atoms with E-state index < -0.39 is 5.82 Å². The number of Topliss-reactive ketones (excluding diaryl/α,β-unsaturated/α-hetero) is 1. The molecule has 1 nitrogen and oxygen atoms in total. The summed E-state index contributed by atoms with van der Waals surface area (Å²) in [5, 5.41) is 0. The molecule has 0 spiro atoms. The third-order valence-electron chi connectivity index (χ3n) is 3.15. The summed E-state index contributed by atoms with van der Waals surface area (Å²) >= 11 is 3.19. The van der Waals surface area contributed by atoms with Crippen molar-refractivity contribution in [1.29, 1.82) is 0 Å². The zero-order valence-electron chi connectivity index (χ0n) is 11.5. The predicted octanol–water partition coefficient (Wildman–Crippen LogP) is 5.02. The Morgan fingerprint density at radius 3 is 2.35 bits per heavy atom. The molecule has 0 heterocycles. The first-order valence-electron chi connectivity index (χ1n) is 6.51. The average molecular weight is 335 g/mol. The van der Waals surface area contributed by atoms with Crippen LogP contribution in [-0.2, 0) is 6.42 Å². The Hall–Kier alpha value is -1.48. The molecule has 0 aromatic heterocycles. The number of carbonyl (C=O) groups excluding carboxylic acids is 1. The number of aryl methyl sites for hydroxylation is 3. The average Bonchev–Trinajstić information content (AvgIpc) is 2.35. The molecule has 0 aliphatic heterocycles. The lowest BCUT2D eigenvalue weighted by Crippen LogP contribution is -2.04. The lowest BCUT2D eigenvalue weighted by atomic mass is 10.00. The van der Waals surface area contributed by atoms with Gasteiger partial charge in [-0.1, -0.05) is 45.3 Å². The Kier molecular flexibility index (Phi) is 4.71. The van der Waals surface area contributed by atoms with Crippen molar-refractivity contribution in [3.05, 3.63) is 68.9 Å². The van der Waals surface area contributed by atoms with Crippen LogP contribution in [-0.4, -0.2) is 5.78 Å². The molecule has 0 bridgehead atoms. The molecule has 0 saturated carbocycles. The fraction of sp³-hybridized carbons (Fsp3) is 0.235. The smallest absolute Gasteiger partial charge is 0.166 e. The van der Waals surface area contributed by atoms with Gasteiger partial charge in [0.2, 0.25) is 0 Å². The van der Waals surface area contributed by atoms with Gasteiger partial charge in [0, 0.05) is 10.9 Å². The summed E-state index contributed by atoms with van der Waals surface area (Å²) in [5.41, 5.74) is 3.65. The zero-order valence-corrected chi connectivity index (χ0v) is 13.1. The predicted molar refractivity (Wildman–Crippen MR) is 82.7 cm³/mol. The molecule has 104 valence electrons. The molecule has 0 unspecified atom stereocenters. The second-order valence-corrected chi connectivity index (χ2v) is 5.96. The Morgan fingerprint density at radius 1 is 1.10 bits per heavy atom. The molecule has 2 rings (SSSR count). The fourth-order valence-corrected chi connectivity index (χ4v) is 2.65. The first-order valence-corrected chi connectivity index (χ1v) is 7.30. The number of rotatable bonds is 4. The first kappa shape index (κ1) is 14.9. The van der Waals surface area contributed by atoms with Crippen LogP contribution in [0, 0.1) is 19.7 Å². The van der Waals surface area contributed by atoms with Gasteiger partial charge in [0.05, 0.1) is 5.56 Å². The van der Waals surface area contributed by atoms with Gasteiger partial charge in [-0.15, -0.1) is 0 Å². The number of hydrogen-bond acceptors (Lipinski definition) is 1. The number of halogens is 2. The second-order valence-electron chi connectivity index (χ2n) is 5.04. The highest BCUT2D eigenvalue weighted by Crippen LogP contribution is 2.18. The number of benzene rings is 2. The minimum atomic E-state index is -0.468. The minimum absolute atomic E-state index is 0.158. The molecule has 0 radical (unpaired) electrons. The zero-order chi connectivity index (χ0) is 14.7. The molecular weight excluding hydrogens is 319 g/mol. The molecule has 3 heteroatoms. The highest BCUT2D eigenvalue weighted by molar-refractivity contribution is 9.10. The van der Waals surface area contributed by atoms with Crippen LogP contribution >= 0.6 is 15.9 Å². The summed E-state index contributed by atoms with van der Waals surface area (Å²) in [6.45, 7) is 4.07. The van der Waals surface area contributed by atoms with E-state index in [9.17, 15) is 9.18 Å². The summed E-state index contributed by atoms with van der Waals surface area (Å²) in [4.78, 5) is 12.1. The Balaban J connectivity index is 2.08. The van der Waals surface area contributed by atoms with E-state index >= 15 is 0 Å². The standard InChI is InChI=1S/C17H16BrFO/c1-11-7-12(2)9-13(8-11)3-6-17(20)15-5-4-14(18)10-16(15)19/h4-5,7-10H,3,6H2,1-2H3. The molecule has 2 aromatic carbocycles. The van der Waals surface area contributed by atoms with Crippen molar-refractivity contribution in [3.63, 3.8) is 0 Å². The van der Waals surface area contributed by atoms with Crippen LogP contribution in [0.1, 0.15) is 33.5 Å². The van der Waals surface area contributed by atoms with E-state index in [-0.39, 0.29) is 11.3 Å². The van der Waals surface area contributed by atoms with Crippen molar-refractivity contribution in [3.8, 4) is 0 Å². The quantitative estimate of drug-likeness (QED) is 0.717. The van der Waals surface area contributed by atoms with Gasteiger partial charge in [-0.05, 0) is 44.0 Å². The molecule has 20 heavy (non-hydrogen) atoms. The molecule has 2 aromatic rings. The van der Waals surface area contributed by atoms with E-state index in [0.717, 1.165) is 5.56 Å². The van der Waals surface area contributed by atoms with Crippen molar-refractivity contribution < 1.29 is 9.18 Å². The Bertz CT molecular complexity index is 629. The van der Waals surface area contributed by atoms with Gasteiger partial charge in [0.1, 0.15) is 5.82 Å². The summed E-state index contributed by atoms with van der Waals surface area (Å²) in [7, 11) is 0. The van der Waals surface area contributed by atoms with Crippen molar-refractivity contribution in [2.24, 2.45) is 0 Å². The lowest BCUT2D eigenvalue weighted by molar-refractivity contribution is 0.0979. The molecule has 0 atom stereocenters. The summed E-state index contributed by atoms with van der Waals surface area (Å²) < 4.78 is 14.3. The van der Waals surface area contributed by atoms with Crippen molar-refractivity contribution in [2.75, 3.05) is 0 Å². The lowest BCUT2D eigenvalue weighted by Gasteiger charge is -2.06. The van der Waals surface area contributed by atoms with E-state index in [1.165, 1.54) is 23.3 Å². The second kappa shape index (κ2) is 6.31. The maximum atomic E-state index is 13.7. The molecule has 0 aliphatic carbocycles. The van der Waals surface area contributed by atoms with E-state index in [0.29, 0.717) is 17.3 Å². The maximum absolute atomic E-state index is 13.7. The van der Waals surface area contributed by atoms with Gasteiger partial charge in [0.25, 0.3) is 0 Å². The monoisotopic (exact) mass is 334 g/mol. The molecule has 0 amide bonds. The Labute approximate surface area is 127 Å². The molecule has 0 fully saturated rings. The third-order valence-corrected chi connectivity index (χ3v) is 3.65. The van der Waals surface area contributed by atoms with Crippen LogP contribution in [0.5, 0.6) is 0 Å². The highest BCUT2D eigenvalue weighted by atomic mass is 79.9. The van der Waals surface area contributed by atoms with Gasteiger partial charge in [-0.2, -0.15) is 0 Å². The third kappa shape index (κ3) is 3.76. The van der Waals surface area contributed by atoms with E-state index in [4.69, 9.17) is 0 Å². The highest BCUT2D eigenvalue weighted by Gasteiger charge is 2.12. The van der Waals surface area contributed by atoms with Crippen molar-refractivity contribution in [1.82, 2.24) is 0 Å². The van der Waals surface area contributed by atoms with Crippen LogP contribution in [0.15, 0.2) is 40.9 Å². The molecule has 0 saturated heterocycles.